The molecule has 2 saturated heterocycles. The van der Waals surface area contributed by atoms with Gasteiger partial charge in [-0.1, -0.05) is 18.2 Å². The first kappa shape index (κ1) is 16.0. The standard InChI is InChI=1S/C18H24N2O3/c1-13-6-3-4-7-14(13)16(21)20-11-9-18(17(22)23)8-5-10-19(2)15(18)12-20/h3-4,6-7,15H,5,8-12H2,1-2H3,(H,22,23)/t15-,18-/m0/s1. The van der Waals surface area contributed by atoms with Gasteiger partial charge in [-0.3, -0.25) is 9.59 Å². The molecule has 2 aliphatic rings. The summed E-state index contributed by atoms with van der Waals surface area (Å²) in [6.45, 7) is 3.84. The largest absolute Gasteiger partial charge is 0.481 e. The van der Waals surface area contributed by atoms with Gasteiger partial charge in [0.15, 0.2) is 0 Å². The molecule has 0 radical (unpaired) electrons. The Kier molecular flexibility index (Phi) is 4.15. The minimum absolute atomic E-state index is 0.0149. The molecule has 1 amide bonds. The van der Waals surface area contributed by atoms with E-state index < -0.39 is 11.4 Å². The molecular formula is C18H24N2O3. The van der Waals surface area contributed by atoms with Crippen molar-refractivity contribution in [3.63, 3.8) is 0 Å². The maximum Gasteiger partial charge on any atom is 0.311 e. The normalized spacial score (nSPS) is 28.3. The first-order valence-corrected chi connectivity index (χ1v) is 8.24. The van der Waals surface area contributed by atoms with Crippen LogP contribution in [0.15, 0.2) is 24.3 Å². The number of nitrogens with zero attached hydrogens (tertiary/aromatic N) is 2. The smallest absolute Gasteiger partial charge is 0.311 e. The summed E-state index contributed by atoms with van der Waals surface area (Å²) in [6, 6.07) is 7.48. The number of likely N-dealkylation sites (tertiary alicyclic amines) is 2. The minimum Gasteiger partial charge on any atom is -0.481 e. The van der Waals surface area contributed by atoms with Crippen LogP contribution in [-0.2, 0) is 4.79 Å². The van der Waals surface area contributed by atoms with Crippen LogP contribution in [0.5, 0.6) is 0 Å². The highest BCUT2D eigenvalue weighted by molar-refractivity contribution is 5.96. The Labute approximate surface area is 136 Å². The molecule has 0 aromatic heterocycles. The maximum absolute atomic E-state index is 12.8. The van der Waals surface area contributed by atoms with Gasteiger partial charge in [-0.25, -0.2) is 0 Å². The predicted octanol–water partition coefficient (Wildman–Crippen LogP) is 2.01. The molecule has 2 atom stereocenters. The number of rotatable bonds is 2. The lowest BCUT2D eigenvalue weighted by atomic mass is 9.68. The molecule has 3 rings (SSSR count). The first-order chi connectivity index (χ1) is 11.0. The van der Waals surface area contributed by atoms with Crippen LogP contribution < -0.4 is 0 Å². The van der Waals surface area contributed by atoms with Crippen molar-refractivity contribution in [2.24, 2.45) is 5.41 Å². The second kappa shape index (κ2) is 5.96. The second-order valence-corrected chi connectivity index (χ2v) is 6.88. The van der Waals surface area contributed by atoms with Crippen molar-refractivity contribution in [3.05, 3.63) is 35.4 Å². The van der Waals surface area contributed by atoms with Crippen molar-refractivity contribution in [2.45, 2.75) is 32.2 Å². The summed E-state index contributed by atoms with van der Waals surface area (Å²) >= 11 is 0. The van der Waals surface area contributed by atoms with Gasteiger partial charge in [0.05, 0.1) is 5.41 Å². The summed E-state index contributed by atoms with van der Waals surface area (Å²) in [5, 5.41) is 9.80. The molecule has 0 bridgehead atoms. The van der Waals surface area contributed by atoms with Gasteiger partial charge < -0.3 is 14.9 Å². The summed E-state index contributed by atoms with van der Waals surface area (Å²) in [4.78, 5) is 28.7. The zero-order chi connectivity index (χ0) is 16.6. The predicted molar refractivity (Wildman–Crippen MR) is 87.4 cm³/mol. The number of carboxylic acid groups (broad SMARTS) is 1. The quantitative estimate of drug-likeness (QED) is 0.906. The number of likely N-dealkylation sites (N-methyl/N-ethyl adjacent to an activating group) is 1. The molecule has 0 unspecified atom stereocenters. The Morgan fingerprint density at radius 2 is 1.96 bits per heavy atom. The third-order valence-corrected chi connectivity index (χ3v) is 5.61. The number of aliphatic carboxylic acids is 1. The molecule has 1 aromatic carbocycles. The maximum atomic E-state index is 12.8. The number of hydrogen-bond acceptors (Lipinski definition) is 3. The van der Waals surface area contributed by atoms with Gasteiger partial charge in [-0.2, -0.15) is 0 Å². The number of aryl methyl sites for hydroxylation is 1. The summed E-state index contributed by atoms with van der Waals surface area (Å²) in [6.07, 6.45) is 2.16. The third kappa shape index (κ3) is 2.63. The molecule has 124 valence electrons. The van der Waals surface area contributed by atoms with Gasteiger partial charge in [-0.05, 0) is 51.4 Å². The van der Waals surface area contributed by atoms with Gasteiger partial charge in [0, 0.05) is 24.7 Å². The molecule has 1 aromatic rings. The Balaban J connectivity index is 1.85. The van der Waals surface area contributed by atoms with Gasteiger partial charge in [0.1, 0.15) is 0 Å². The molecule has 0 aliphatic carbocycles. The lowest BCUT2D eigenvalue weighted by Crippen LogP contribution is -2.63. The molecule has 23 heavy (non-hydrogen) atoms. The van der Waals surface area contributed by atoms with Crippen molar-refractivity contribution in [1.29, 1.82) is 0 Å². The lowest BCUT2D eigenvalue weighted by Gasteiger charge is -2.51. The first-order valence-electron chi connectivity index (χ1n) is 8.24. The average molecular weight is 316 g/mol. The van der Waals surface area contributed by atoms with Gasteiger partial charge >= 0.3 is 5.97 Å². The Bertz CT molecular complexity index is 630. The molecule has 0 spiro atoms. The average Bonchev–Trinajstić information content (AvgIpc) is 2.54. The monoisotopic (exact) mass is 316 g/mol. The van der Waals surface area contributed by atoms with E-state index in [0.29, 0.717) is 31.5 Å². The van der Waals surface area contributed by atoms with Crippen LogP contribution >= 0.6 is 0 Å². The van der Waals surface area contributed by atoms with Crippen LogP contribution in [-0.4, -0.2) is 59.5 Å². The number of benzene rings is 1. The number of fused-ring (bicyclic) bond motifs is 1. The summed E-state index contributed by atoms with van der Waals surface area (Å²) in [5.74, 6) is -0.696. The van der Waals surface area contributed by atoms with E-state index in [1.54, 1.807) is 0 Å². The van der Waals surface area contributed by atoms with Gasteiger partial charge in [0.2, 0.25) is 0 Å². The molecule has 5 nitrogen and oxygen atoms in total. The van der Waals surface area contributed by atoms with Crippen molar-refractivity contribution in [1.82, 2.24) is 9.80 Å². The molecule has 0 saturated carbocycles. The van der Waals surface area contributed by atoms with Crippen molar-refractivity contribution >= 4 is 11.9 Å². The molecule has 2 aliphatic heterocycles. The lowest BCUT2D eigenvalue weighted by molar-refractivity contribution is -0.161. The fourth-order valence-corrected chi connectivity index (χ4v) is 4.15. The highest BCUT2D eigenvalue weighted by Crippen LogP contribution is 2.42. The van der Waals surface area contributed by atoms with Crippen molar-refractivity contribution < 1.29 is 14.7 Å². The van der Waals surface area contributed by atoms with Crippen LogP contribution in [0, 0.1) is 12.3 Å². The number of carbonyl (C=O) groups excluding carboxylic acids is 1. The van der Waals surface area contributed by atoms with E-state index in [-0.39, 0.29) is 11.9 Å². The van der Waals surface area contributed by atoms with E-state index in [1.807, 2.05) is 43.1 Å². The van der Waals surface area contributed by atoms with E-state index >= 15 is 0 Å². The zero-order valence-electron chi connectivity index (χ0n) is 13.8. The Morgan fingerprint density at radius 1 is 1.22 bits per heavy atom. The van der Waals surface area contributed by atoms with Crippen LogP contribution in [0.4, 0.5) is 0 Å². The van der Waals surface area contributed by atoms with Crippen molar-refractivity contribution in [2.75, 3.05) is 26.7 Å². The summed E-state index contributed by atoms with van der Waals surface area (Å²) < 4.78 is 0. The summed E-state index contributed by atoms with van der Waals surface area (Å²) in [5.41, 5.74) is 0.980. The van der Waals surface area contributed by atoms with Gasteiger partial charge in [0.25, 0.3) is 5.91 Å². The summed E-state index contributed by atoms with van der Waals surface area (Å²) in [7, 11) is 1.98. The molecule has 2 fully saturated rings. The highest BCUT2D eigenvalue weighted by Gasteiger charge is 2.52. The van der Waals surface area contributed by atoms with Crippen molar-refractivity contribution in [3.8, 4) is 0 Å². The number of piperidine rings is 2. The van der Waals surface area contributed by atoms with E-state index in [2.05, 4.69) is 4.90 Å². The minimum atomic E-state index is -0.711. The van der Waals surface area contributed by atoms with E-state index in [9.17, 15) is 14.7 Å². The highest BCUT2D eigenvalue weighted by atomic mass is 16.4. The van der Waals surface area contributed by atoms with E-state index in [4.69, 9.17) is 0 Å². The topological polar surface area (TPSA) is 60.9 Å². The number of amides is 1. The van der Waals surface area contributed by atoms with Crippen LogP contribution in [0.1, 0.15) is 35.2 Å². The number of carboxylic acids is 1. The Morgan fingerprint density at radius 3 is 2.65 bits per heavy atom. The Hall–Kier alpha value is -1.88. The van der Waals surface area contributed by atoms with Crippen LogP contribution in [0.25, 0.3) is 0 Å². The molecule has 5 heteroatoms. The van der Waals surface area contributed by atoms with Crippen LogP contribution in [0.3, 0.4) is 0 Å². The zero-order valence-corrected chi connectivity index (χ0v) is 13.8. The van der Waals surface area contributed by atoms with E-state index in [0.717, 1.165) is 18.5 Å². The molecule has 1 N–H and O–H groups in total. The van der Waals surface area contributed by atoms with E-state index in [1.165, 1.54) is 0 Å². The molecule has 2 heterocycles. The molecular weight excluding hydrogens is 292 g/mol. The fourth-order valence-electron chi connectivity index (χ4n) is 4.15. The second-order valence-electron chi connectivity index (χ2n) is 6.88. The van der Waals surface area contributed by atoms with Gasteiger partial charge in [-0.15, -0.1) is 0 Å². The SMILES string of the molecule is Cc1ccccc1C(=O)N1CC[C@@]2(C(=O)O)CCCN(C)[C@H]2C1. The number of hydrogen-bond donors (Lipinski definition) is 1. The fraction of sp³-hybridized carbons (Fsp3) is 0.556. The van der Waals surface area contributed by atoms with Crippen LogP contribution in [0.2, 0.25) is 0 Å². The third-order valence-electron chi connectivity index (χ3n) is 5.61. The number of carbonyl (C=O) groups is 2.